The molecule has 1 aromatic heterocycles. The molecule has 2 rings (SSSR count). The number of thiophene rings is 1. The van der Waals surface area contributed by atoms with E-state index >= 15 is 0 Å². The Hall–Kier alpha value is 0.0700. The Morgan fingerprint density at radius 2 is 2.43 bits per heavy atom. The van der Waals surface area contributed by atoms with Crippen molar-refractivity contribution >= 4 is 27.3 Å². The molecule has 3 atom stereocenters. The van der Waals surface area contributed by atoms with Gasteiger partial charge in [0.15, 0.2) is 0 Å². The topological polar surface area (TPSA) is 12.0 Å². The first kappa shape index (κ1) is 10.6. The molecule has 0 amide bonds. The van der Waals surface area contributed by atoms with Crippen LogP contribution in [0.5, 0.6) is 0 Å². The van der Waals surface area contributed by atoms with Crippen LogP contribution in [-0.4, -0.2) is 13.2 Å². The fraction of sp³-hybridized carbons (Fsp3) is 0.600. The average Bonchev–Trinajstić information content (AvgIpc) is 2.57. The SMILES string of the molecule is CNC(c1sccc1Br)C1(C)CC1F. The van der Waals surface area contributed by atoms with Crippen molar-refractivity contribution < 1.29 is 4.39 Å². The van der Waals surface area contributed by atoms with Crippen molar-refractivity contribution in [3.8, 4) is 0 Å². The molecule has 0 bridgehead atoms. The molecule has 0 radical (unpaired) electrons. The summed E-state index contributed by atoms with van der Waals surface area (Å²) in [4.78, 5) is 1.20. The molecule has 1 fully saturated rings. The third-order valence-electron chi connectivity index (χ3n) is 3.03. The van der Waals surface area contributed by atoms with Gasteiger partial charge in [0.2, 0.25) is 0 Å². The van der Waals surface area contributed by atoms with Crippen molar-refractivity contribution in [2.75, 3.05) is 7.05 Å². The van der Waals surface area contributed by atoms with Gasteiger partial charge < -0.3 is 5.32 Å². The van der Waals surface area contributed by atoms with E-state index in [2.05, 4.69) is 21.2 Å². The zero-order valence-electron chi connectivity index (χ0n) is 8.18. The van der Waals surface area contributed by atoms with E-state index in [0.29, 0.717) is 6.42 Å². The minimum absolute atomic E-state index is 0.131. The van der Waals surface area contributed by atoms with Gasteiger partial charge >= 0.3 is 0 Å². The lowest BCUT2D eigenvalue weighted by Crippen LogP contribution is -2.25. The van der Waals surface area contributed by atoms with Crippen LogP contribution < -0.4 is 5.32 Å². The molecular weight excluding hydrogens is 265 g/mol. The molecule has 3 unspecified atom stereocenters. The van der Waals surface area contributed by atoms with E-state index in [1.165, 1.54) is 4.88 Å². The summed E-state index contributed by atoms with van der Waals surface area (Å²) in [5, 5.41) is 5.25. The van der Waals surface area contributed by atoms with Gasteiger partial charge in [-0.1, -0.05) is 6.92 Å². The highest BCUT2D eigenvalue weighted by Gasteiger charge is 2.56. The van der Waals surface area contributed by atoms with Crippen molar-refractivity contribution in [2.45, 2.75) is 25.6 Å². The lowest BCUT2D eigenvalue weighted by Gasteiger charge is -2.22. The summed E-state index contributed by atoms with van der Waals surface area (Å²) in [7, 11) is 1.90. The summed E-state index contributed by atoms with van der Waals surface area (Å²) in [5.41, 5.74) is -0.206. The Morgan fingerprint density at radius 1 is 1.79 bits per heavy atom. The van der Waals surface area contributed by atoms with Crippen LogP contribution in [0.2, 0.25) is 0 Å². The highest BCUT2D eigenvalue weighted by molar-refractivity contribution is 9.10. The second-order valence-corrected chi connectivity index (χ2v) is 5.83. The van der Waals surface area contributed by atoms with Crippen LogP contribution in [-0.2, 0) is 0 Å². The first-order chi connectivity index (χ1) is 6.59. The maximum Gasteiger partial charge on any atom is 0.108 e. The number of hydrogen-bond donors (Lipinski definition) is 1. The smallest absolute Gasteiger partial charge is 0.108 e. The Balaban J connectivity index is 2.27. The van der Waals surface area contributed by atoms with Gasteiger partial charge in [-0.25, -0.2) is 4.39 Å². The number of hydrogen-bond acceptors (Lipinski definition) is 2. The lowest BCUT2D eigenvalue weighted by atomic mass is 9.97. The summed E-state index contributed by atoms with van der Waals surface area (Å²) in [6.45, 7) is 2.00. The Labute approximate surface area is 95.8 Å². The van der Waals surface area contributed by atoms with E-state index in [0.717, 1.165) is 4.47 Å². The van der Waals surface area contributed by atoms with Crippen molar-refractivity contribution in [3.05, 3.63) is 20.8 Å². The molecule has 1 saturated carbocycles. The molecule has 4 heteroatoms. The summed E-state index contributed by atoms with van der Waals surface area (Å²) in [5.74, 6) is 0. The normalized spacial score (nSPS) is 33.0. The van der Waals surface area contributed by atoms with Gasteiger partial charge in [0.05, 0.1) is 6.04 Å². The molecule has 1 aliphatic carbocycles. The van der Waals surface area contributed by atoms with Crippen molar-refractivity contribution in [1.29, 1.82) is 0 Å². The van der Waals surface area contributed by atoms with E-state index in [-0.39, 0.29) is 11.5 Å². The molecule has 0 spiro atoms. The van der Waals surface area contributed by atoms with Crippen LogP contribution in [0.25, 0.3) is 0 Å². The van der Waals surface area contributed by atoms with Crippen LogP contribution in [0.15, 0.2) is 15.9 Å². The number of rotatable bonds is 3. The predicted octanol–water partition coefficient (Wildman–Crippen LogP) is 3.52. The van der Waals surface area contributed by atoms with Gasteiger partial charge in [-0.15, -0.1) is 11.3 Å². The Bertz CT molecular complexity index is 341. The molecule has 14 heavy (non-hydrogen) atoms. The van der Waals surface area contributed by atoms with Crippen molar-refractivity contribution in [3.63, 3.8) is 0 Å². The van der Waals surface area contributed by atoms with Crippen LogP contribution in [0.1, 0.15) is 24.3 Å². The molecule has 1 heterocycles. The highest BCUT2D eigenvalue weighted by Crippen LogP contribution is 2.57. The molecule has 0 aliphatic heterocycles. The van der Waals surface area contributed by atoms with Gasteiger partial charge in [-0.2, -0.15) is 0 Å². The van der Waals surface area contributed by atoms with Crippen LogP contribution >= 0.6 is 27.3 Å². The average molecular weight is 278 g/mol. The van der Waals surface area contributed by atoms with Crippen molar-refractivity contribution in [2.24, 2.45) is 5.41 Å². The molecule has 1 aromatic rings. The first-order valence-corrected chi connectivity index (χ1v) is 6.31. The Morgan fingerprint density at radius 3 is 2.79 bits per heavy atom. The largest absolute Gasteiger partial charge is 0.312 e. The van der Waals surface area contributed by atoms with Gasteiger partial charge in [0, 0.05) is 14.8 Å². The maximum absolute atomic E-state index is 13.3. The second kappa shape index (κ2) is 3.58. The van der Waals surface area contributed by atoms with Crippen LogP contribution in [0.3, 0.4) is 0 Å². The fourth-order valence-electron chi connectivity index (χ4n) is 1.90. The van der Waals surface area contributed by atoms with Crippen LogP contribution in [0.4, 0.5) is 4.39 Å². The molecule has 78 valence electrons. The van der Waals surface area contributed by atoms with E-state index in [9.17, 15) is 4.39 Å². The third kappa shape index (κ3) is 1.53. The molecular formula is C10H13BrFNS. The van der Waals surface area contributed by atoms with E-state index in [1.807, 2.05) is 25.4 Å². The first-order valence-electron chi connectivity index (χ1n) is 4.64. The van der Waals surface area contributed by atoms with E-state index < -0.39 is 6.17 Å². The molecule has 1 N–H and O–H groups in total. The third-order valence-corrected chi connectivity index (χ3v) is 4.97. The minimum Gasteiger partial charge on any atom is -0.312 e. The minimum atomic E-state index is -0.658. The molecule has 1 aliphatic rings. The number of nitrogens with one attached hydrogen (secondary N) is 1. The van der Waals surface area contributed by atoms with Crippen molar-refractivity contribution in [1.82, 2.24) is 5.32 Å². The molecule has 1 nitrogen and oxygen atoms in total. The summed E-state index contributed by atoms with van der Waals surface area (Å²) in [6, 6.07) is 2.15. The Kier molecular flexibility index (Phi) is 2.70. The van der Waals surface area contributed by atoms with E-state index in [4.69, 9.17) is 0 Å². The van der Waals surface area contributed by atoms with Gasteiger partial charge in [0.25, 0.3) is 0 Å². The maximum atomic E-state index is 13.3. The lowest BCUT2D eigenvalue weighted by molar-refractivity contribution is 0.306. The predicted molar refractivity (Wildman–Crippen MR) is 61.4 cm³/mol. The van der Waals surface area contributed by atoms with Gasteiger partial charge in [0.1, 0.15) is 6.17 Å². The standard InChI is InChI=1S/C10H13BrFNS/c1-10(5-7(10)12)9(13-2)8-6(11)3-4-14-8/h3-4,7,9,13H,5H2,1-2H3. The fourth-order valence-corrected chi connectivity index (χ4v) is 3.77. The zero-order chi connectivity index (χ0) is 10.3. The quantitative estimate of drug-likeness (QED) is 0.892. The number of halogens is 2. The van der Waals surface area contributed by atoms with Gasteiger partial charge in [-0.3, -0.25) is 0 Å². The zero-order valence-corrected chi connectivity index (χ0v) is 10.6. The molecule has 0 aromatic carbocycles. The summed E-state index contributed by atoms with van der Waals surface area (Å²) >= 11 is 5.17. The van der Waals surface area contributed by atoms with Crippen LogP contribution in [0, 0.1) is 5.41 Å². The summed E-state index contributed by atoms with van der Waals surface area (Å²) < 4.78 is 14.4. The summed E-state index contributed by atoms with van der Waals surface area (Å²) in [6.07, 6.45) is 0.0111. The second-order valence-electron chi connectivity index (χ2n) is 4.03. The van der Waals surface area contributed by atoms with E-state index in [1.54, 1.807) is 11.3 Å². The highest BCUT2D eigenvalue weighted by atomic mass is 79.9. The monoisotopic (exact) mass is 277 g/mol. The molecule has 0 saturated heterocycles. The van der Waals surface area contributed by atoms with Gasteiger partial charge in [-0.05, 0) is 40.8 Å². The number of alkyl halides is 1.